The lowest BCUT2D eigenvalue weighted by Gasteiger charge is -2.15. The minimum absolute atomic E-state index is 0.289. The second-order valence-corrected chi connectivity index (χ2v) is 5.60. The van der Waals surface area contributed by atoms with Gasteiger partial charge in [-0.25, -0.2) is 4.79 Å². The van der Waals surface area contributed by atoms with Gasteiger partial charge in [0.25, 0.3) is 11.8 Å². The predicted molar refractivity (Wildman–Crippen MR) is 97.5 cm³/mol. The number of imide groups is 1. The van der Waals surface area contributed by atoms with Gasteiger partial charge in [-0.3, -0.25) is 9.59 Å². The summed E-state index contributed by atoms with van der Waals surface area (Å²) in [5.74, 6) is -1.10. The first-order valence-electron chi connectivity index (χ1n) is 7.95. The number of carbonyl (C=O) groups is 3. The van der Waals surface area contributed by atoms with Crippen molar-refractivity contribution in [1.29, 1.82) is 0 Å². The first-order valence-corrected chi connectivity index (χ1v) is 7.95. The van der Waals surface area contributed by atoms with Crippen LogP contribution in [0.15, 0.2) is 48.5 Å². The van der Waals surface area contributed by atoms with Crippen molar-refractivity contribution in [3.63, 3.8) is 0 Å². The molecule has 0 saturated heterocycles. The van der Waals surface area contributed by atoms with Crippen LogP contribution in [-0.4, -0.2) is 30.0 Å². The molecule has 0 N–H and O–H groups in total. The fourth-order valence-corrected chi connectivity index (χ4v) is 1.93. The molecule has 26 heavy (non-hydrogen) atoms. The number of carbonyl (C=O) groups excluding carboxylic acids is 3. The van der Waals surface area contributed by atoms with Crippen LogP contribution in [0.5, 0.6) is 5.75 Å². The zero-order valence-electron chi connectivity index (χ0n) is 15.6. The highest BCUT2D eigenvalue weighted by Gasteiger charge is 2.20. The van der Waals surface area contributed by atoms with E-state index in [0.29, 0.717) is 5.06 Å². The fourth-order valence-electron chi connectivity index (χ4n) is 1.93. The fraction of sp³-hybridized carbons (Fsp3) is 0.250. The summed E-state index contributed by atoms with van der Waals surface area (Å²) < 4.78 is 4.97. The van der Waals surface area contributed by atoms with E-state index in [-0.39, 0.29) is 5.56 Å². The zero-order chi connectivity index (χ0) is 19.7. The number of nitrogens with zero attached hydrogens (tertiary/aromatic N) is 1. The Morgan fingerprint density at radius 1 is 0.846 bits per heavy atom. The Morgan fingerprint density at radius 2 is 1.42 bits per heavy atom. The van der Waals surface area contributed by atoms with Crippen LogP contribution in [0.1, 0.15) is 35.3 Å². The van der Waals surface area contributed by atoms with E-state index in [1.807, 2.05) is 37.3 Å². The van der Waals surface area contributed by atoms with E-state index in [9.17, 15) is 14.4 Å². The first-order chi connectivity index (χ1) is 12.2. The smallest absolute Gasteiger partial charge is 0.363 e. The number of ether oxygens (including phenoxy) is 1. The molecule has 2 amide bonds. The molecule has 6 heteroatoms. The summed E-state index contributed by atoms with van der Waals surface area (Å²) in [6.07, 6.45) is 0. The lowest BCUT2D eigenvalue weighted by molar-refractivity contribution is -0.177. The summed E-state index contributed by atoms with van der Waals surface area (Å²) >= 11 is 0. The Bertz CT molecular complexity index is 754. The number of benzene rings is 2. The summed E-state index contributed by atoms with van der Waals surface area (Å²) in [6, 6.07) is 14.6. The van der Waals surface area contributed by atoms with Gasteiger partial charge in [0.05, 0.1) is 12.7 Å². The molecule has 0 aliphatic rings. The molecule has 0 fully saturated rings. The minimum atomic E-state index is -0.737. The summed E-state index contributed by atoms with van der Waals surface area (Å²) in [6.45, 7) is 6.17. The number of hydrogen-bond acceptors (Lipinski definition) is 5. The lowest BCUT2D eigenvalue weighted by atomic mass is 10.1. The maximum atomic E-state index is 11.6. The average molecular weight is 357 g/mol. The molecule has 0 aliphatic heterocycles. The van der Waals surface area contributed by atoms with Crippen molar-refractivity contribution in [3.05, 3.63) is 65.2 Å². The van der Waals surface area contributed by atoms with Crippen LogP contribution in [-0.2, 0) is 14.4 Å². The summed E-state index contributed by atoms with van der Waals surface area (Å²) in [5.41, 5.74) is 2.44. The quantitative estimate of drug-likeness (QED) is 0.770. The molecule has 0 aliphatic carbocycles. The van der Waals surface area contributed by atoms with Crippen LogP contribution in [0.4, 0.5) is 0 Å². The molecule has 2 aromatic rings. The highest BCUT2D eigenvalue weighted by molar-refractivity contribution is 5.96. The van der Waals surface area contributed by atoms with Crippen LogP contribution < -0.4 is 4.74 Å². The van der Waals surface area contributed by atoms with Crippen molar-refractivity contribution in [1.82, 2.24) is 5.06 Å². The van der Waals surface area contributed by atoms with Crippen molar-refractivity contribution in [2.24, 2.45) is 0 Å². The first kappa shape index (κ1) is 20.9. The number of hydroxylamine groups is 2. The molecule has 0 unspecified atom stereocenters. The van der Waals surface area contributed by atoms with Crippen molar-refractivity contribution >= 4 is 17.8 Å². The largest absolute Gasteiger partial charge is 0.497 e. The van der Waals surface area contributed by atoms with Crippen molar-refractivity contribution in [3.8, 4) is 5.75 Å². The molecule has 2 rings (SSSR count). The van der Waals surface area contributed by atoms with E-state index in [1.165, 1.54) is 5.56 Å². The number of methoxy groups -OCH3 is 1. The van der Waals surface area contributed by atoms with E-state index in [1.54, 1.807) is 25.3 Å². The second-order valence-electron chi connectivity index (χ2n) is 5.60. The molecule has 0 saturated carbocycles. The molecule has 138 valence electrons. The van der Waals surface area contributed by atoms with Gasteiger partial charge in [-0.2, -0.15) is 0 Å². The van der Waals surface area contributed by atoms with Crippen LogP contribution >= 0.6 is 0 Å². The highest BCUT2D eigenvalue weighted by atomic mass is 16.7. The van der Waals surface area contributed by atoms with E-state index < -0.39 is 17.8 Å². The van der Waals surface area contributed by atoms with Gasteiger partial charge in [-0.15, -0.1) is 5.06 Å². The Balaban J connectivity index is 0.000000314. The van der Waals surface area contributed by atoms with Crippen molar-refractivity contribution < 1.29 is 24.0 Å². The van der Waals surface area contributed by atoms with Gasteiger partial charge < -0.3 is 9.57 Å². The third-order valence-corrected chi connectivity index (χ3v) is 3.26. The van der Waals surface area contributed by atoms with Gasteiger partial charge >= 0.3 is 5.97 Å². The molecule has 0 aromatic heterocycles. The van der Waals surface area contributed by atoms with Gasteiger partial charge in [-0.1, -0.05) is 35.4 Å². The molecule has 0 heterocycles. The Kier molecular flexibility index (Phi) is 8.02. The van der Waals surface area contributed by atoms with Crippen molar-refractivity contribution in [2.75, 3.05) is 7.11 Å². The summed E-state index contributed by atoms with van der Waals surface area (Å²) in [7, 11) is 1.67. The third-order valence-electron chi connectivity index (χ3n) is 3.26. The lowest BCUT2D eigenvalue weighted by Crippen LogP contribution is -2.35. The normalized spacial score (nSPS) is 9.42. The van der Waals surface area contributed by atoms with Crippen LogP contribution in [0, 0.1) is 13.8 Å². The Labute approximate surface area is 153 Å². The molecule has 0 radical (unpaired) electrons. The van der Waals surface area contributed by atoms with Crippen LogP contribution in [0.2, 0.25) is 0 Å². The second kappa shape index (κ2) is 9.98. The highest BCUT2D eigenvalue weighted by Crippen LogP contribution is 2.09. The maximum Gasteiger partial charge on any atom is 0.363 e. The van der Waals surface area contributed by atoms with E-state index in [2.05, 4.69) is 6.92 Å². The van der Waals surface area contributed by atoms with Crippen molar-refractivity contribution in [2.45, 2.75) is 27.7 Å². The zero-order valence-corrected chi connectivity index (χ0v) is 15.6. The molecule has 2 aromatic carbocycles. The summed E-state index contributed by atoms with van der Waals surface area (Å²) in [4.78, 5) is 38.5. The number of rotatable bonds is 2. The summed E-state index contributed by atoms with van der Waals surface area (Å²) in [5, 5.41) is 0.435. The van der Waals surface area contributed by atoms with Gasteiger partial charge in [0.2, 0.25) is 0 Å². The molecule has 6 nitrogen and oxygen atoms in total. The van der Waals surface area contributed by atoms with Gasteiger partial charge in [0.1, 0.15) is 5.75 Å². The number of amides is 2. The van der Waals surface area contributed by atoms with Crippen LogP contribution in [0.25, 0.3) is 0 Å². The third kappa shape index (κ3) is 6.76. The SMILES string of the molecule is CC(=O)N(OC(=O)c1cccc(C)c1)C(C)=O.COc1ccc(C)cc1. The van der Waals surface area contributed by atoms with Gasteiger partial charge in [-0.05, 0) is 38.1 Å². The van der Waals surface area contributed by atoms with Gasteiger partial charge in [0, 0.05) is 13.8 Å². The predicted octanol–water partition coefficient (Wildman–Crippen LogP) is 3.47. The molecule has 0 bridgehead atoms. The molecular weight excluding hydrogens is 334 g/mol. The van der Waals surface area contributed by atoms with E-state index >= 15 is 0 Å². The molecular formula is C20H23NO5. The number of hydrogen-bond donors (Lipinski definition) is 0. The monoisotopic (exact) mass is 357 g/mol. The molecule has 0 atom stereocenters. The van der Waals surface area contributed by atoms with E-state index in [4.69, 9.17) is 9.57 Å². The average Bonchev–Trinajstić information content (AvgIpc) is 2.60. The Morgan fingerprint density at radius 3 is 1.88 bits per heavy atom. The Hall–Kier alpha value is -3.15. The maximum absolute atomic E-state index is 11.6. The topological polar surface area (TPSA) is 72.9 Å². The standard InChI is InChI=1S/C12H13NO4.C8H10O/c1-8-5-4-6-11(7-8)12(16)17-13(9(2)14)10(3)15;1-7-3-5-8(9-2)6-4-7/h4-7H,1-3H3;3-6H,1-2H3. The molecule has 0 spiro atoms. The minimum Gasteiger partial charge on any atom is -0.497 e. The number of aryl methyl sites for hydroxylation is 2. The van der Waals surface area contributed by atoms with Crippen LogP contribution in [0.3, 0.4) is 0 Å². The van der Waals surface area contributed by atoms with Gasteiger partial charge in [0.15, 0.2) is 0 Å². The van der Waals surface area contributed by atoms with E-state index in [0.717, 1.165) is 25.2 Å².